The van der Waals surface area contributed by atoms with E-state index in [0.717, 1.165) is 0 Å². The Hall–Kier alpha value is -0.420. The average molecular weight is 406 g/mol. The molecule has 0 fully saturated rings. The Balaban J connectivity index is 2.77. The number of benzene rings is 2. The molecule has 0 aliphatic rings. The van der Waals surface area contributed by atoms with Gasteiger partial charge in [-0.2, -0.15) is 0 Å². The SMILES string of the molecule is O=[N+]([O-])c1ccc(-c2c(Cl)c(Cl)c(Cl)c(Cl)c2Cl)c(Cl)c1. The molecule has 2 aromatic rings. The molecule has 0 bridgehead atoms. The second-order valence-electron chi connectivity index (χ2n) is 3.87. The lowest BCUT2D eigenvalue weighted by atomic mass is 10.0. The molecule has 0 saturated carbocycles. The monoisotopic (exact) mass is 403 g/mol. The Morgan fingerprint density at radius 1 is 0.810 bits per heavy atom. The van der Waals surface area contributed by atoms with Crippen LogP contribution in [-0.2, 0) is 0 Å². The van der Waals surface area contributed by atoms with Crippen LogP contribution in [0.15, 0.2) is 18.2 Å². The highest BCUT2D eigenvalue weighted by atomic mass is 35.5. The van der Waals surface area contributed by atoms with E-state index < -0.39 is 4.92 Å². The summed E-state index contributed by atoms with van der Waals surface area (Å²) < 4.78 is 0. The third-order valence-electron chi connectivity index (χ3n) is 2.64. The zero-order chi connectivity index (χ0) is 15.9. The Morgan fingerprint density at radius 3 is 1.71 bits per heavy atom. The first kappa shape index (κ1) is 16.9. The number of hydrogen-bond acceptors (Lipinski definition) is 2. The van der Waals surface area contributed by atoms with Gasteiger partial charge in [-0.05, 0) is 6.07 Å². The van der Waals surface area contributed by atoms with Crippen LogP contribution in [0.4, 0.5) is 5.69 Å². The number of nitro groups is 1. The zero-order valence-corrected chi connectivity index (χ0v) is 14.3. The zero-order valence-electron chi connectivity index (χ0n) is 9.76. The van der Waals surface area contributed by atoms with Crippen LogP contribution in [-0.4, -0.2) is 4.92 Å². The third kappa shape index (κ3) is 3.04. The van der Waals surface area contributed by atoms with Crippen LogP contribution in [0.2, 0.25) is 30.1 Å². The lowest BCUT2D eigenvalue weighted by molar-refractivity contribution is -0.384. The largest absolute Gasteiger partial charge is 0.270 e. The van der Waals surface area contributed by atoms with Gasteiger partial charge in [0.2, 0.25) is 0 Å². The van der Waals surface area contributed by atoms with E-state index in [2.05, 4.69) is 0 Å². The van der Waals surface area contributed by atoms with Gasteiger partial charge in [0, 0.05) is 23.3 Å². The van der Waals surface area contributed by atoms with Crippen molar-refractivity contribution in [1.82, 2.24) is 0 Å². The maximum atomic E-state index is 10.7. The number of nitrogens with zero attached hydrogens (tertiary/aromatic N) is 1. The van der Waals surface area contributed by atoms with Gasteiger partial charge in [-0.25, -0.2) is 0 Å². The summed E-state index contributed by atoms with van der Waals surface area (Å²) in [6.07, 6.45) is 0. The van der Waals surface area contributed by atoms with Crippen molar-refractivity contribution in [2.24, 2.45) is 0 Å². The molecular formula is C12H3Cl6NO2. The molecule has 21 heavy (non-hydrogen) atoms. The number of rotatable bonds is 2. The highest BCUT2D eigenvalue weighted by Crippen LogP contribution is 2.49. The van der Waals surface area contributed by atoms with E-state index in [4.69, 9.17) is 69.6 Å². The summed E-state index contributed by atoms with van der Waals surface area (Å²) in [6, 6.07) is 3.86. The van der Waals surface area contributed by atoms with Gasteiger partial charge in [-0.15, -0.1) is 0 Å². The normalized spacial score (nSPS) is 10.8. The number of nitro benzene ring substituents is 1. The van der Waals surface area contributed by atoms with E-state index in [1.807, 2.05) is 0 Å². The highest BCUT2D eigenvalue weighted by molar-refractivity contribution is 6.56. The summed E-state index contributed by atoms with van der Waals surface area (Å²) in [7, 11) is 0. The van der Waals surface area contributed by atoms with Gasteiger partial charge < -0.3 is 0 Å². The Bertz CT molecular complexity index is 733. The summed E-state index contributed by atoms with van der Waals surface area (Å²) in [5.41, 5.74) is 0.456. The van der Waals surface area contributed by atoms with Gasteiger partial charge in [-0.1, -0.05) is 69.6 Å². The first-order valence-corrected chi connectivity index (χ1v) is 7.48. The summed E-state index contributed by atoms with van der Waals surface area (Å²) in [6.45, 7) is 0. The standard InChI is InChI=1S/C12H3Cl6NO2/c13-6-3-4(19(20)21)1-2-5(6)7-8(14)10(16)12(18)11(17)9(7)15/h1-3H. The van der Waals surface area contributed by atoms with E-state index >= 15 is 0 Å². The summed E-state index contributed by atoms with van der Waals surface area (Å²) >= 11 is 36.2. The van der Waals surface area contributed by atoms with Gasteiger partial charge >= 0.3 is 0 Å². The number of non-ortho nitro benzene ring substituents is 1. The van der Waals surface area contributed by atoms with Crippen molar-refractivity contribution in [2.75, 3.05) is 0 Å². The van der Waals surface area contributed by atoms with Crippen molar-refractivity contribution in [3.63, 3.8) is 0 Å². The van der Waals surface area contributed by atoms with Gasteiger partial charge in [0.15, 0.2) is 0 Å². The molecule has 0 aliphatic carbocycles. The van der Waals surface area contributed by atoms with Crippen LogP contribution < -0.4 is 0 Å². The maximum Gasteiger partial charge on any atom is 0.270 e. The van der Waals surface area contributed by atoms with Crippen molar-refractivity contribution in [1.29, 1.82) is 0 Å². The summed E-state index contributed by atoms with van der Waals surface area (Å²) in [4.78, 5) is 10.2. The number of hydrogen-bond donors (Lipinski definition) is 0. The molecule has 0 unspecified atom stereocenters. The first-order valence-electron chi connectivity index (χ1n) is 5.21. The molecule has 2 aromatic carbocycles. The molecule has 3 nitrogen and oxygen atoms in total. The fourth-order valence-corrected chi connectivity index (χ4v) is 3.27. The molecule has 2 rings (SSSR count). The van der Waals surface area contributed by atoms with Crippen LogP contribution in [0, 0.1) is 10.1 Å². The molecule has 0 aliphatic heterocycles. The van der Waals surface area contributed by atoms with E-state index in [1.165, 1.54) is 18.2 Å². The third-order valence-corrected chi connectivity index (χ3v) is 5.23. The molecule has 9 heteroatoms. The molecular weight excluding hydrogens is 403 g/mol. The summed E-state index contributed by atoms with van der Waals surface area (Å²) in [5, 5.41) is 11.0. The fourth-order valence-electron chi connectivity index (χ4n) is 1.66. The van der Waals surface area contributed by atoms with Crippen LogP contribution in [0.25, 0.3) is 11.1 Å². The van der Waals surface area contributed by atoms with Gasteiger partial charge in [0.25, 0.3) is 5.69 Å². The van der Waals surface area contributed by atoms with Crippen LogP contribution in [0.1, 0.15) is 0 Å². The Labute approximate surface area is 149 Å². The van der Waals surface area contributed by atoms with E-state index in [9.17, 15) is 10.1 Å². The fraction of sp³-hybridized carbons (Fsp3) is 0. The molecule has 0 atom stereocenters. The lowest BCUT2D eigenvalue weighted by Crippen LogP contribution is -1.91. The van der Waals surface area contributed by atoms with Gasteiger partial charge in [0.05, 0.1) is 35.1 Å². The van der Waals surface area contributed by atoms with Crippen LogP contribution in [0.3, 0.4) is 0 Å². The minimum absolute atomic E-state index is 0.0233. The van der Waals surface area contributed by atoms with E-state index in [1.54, 1.807) is 0 Å². The molecule has 0 amide bonds. The smallest absolute Gasteiger partial charge is 0.258 e. The second-order valence-corrected chi connectivity index (χ2v) is 6.16. The number of halogens is 6. The quantitative estimate of drug-likeness (QED) is 0.230. The highest BCUT2D eigenvalue weighted by Gasteiger charge is 2.22. The average Bonchev–Trinajstić information content (AvgIpc) is 2.44. The summed E-state index contributed by atoms with van der Waals surface area (Å²) in [5.74, 6) is 0. The Morgan fingerprint density at radius 2 is 1.29 bits per heavy atom. The molecule has 0 spiro atoms. The van der Waals surface area contributed by atoms with E-state index in [0.29, 0.717) is 5.56 Å². The Kier molecular flexibility index (Phi) is 5.14. The first-order chi connectivity index (χ1) is 9.75. The maximum absolute atomic E-state index is 10.7. The van der Waals surface area contributed by atoms with Crippen molar-refractivity contribution in [2.45, 2.75) is 0 Å². The van der Waals surface area contributed by atoms with Crippen molar-refractivity contribution >= 4 is 75.3 Å². The minimum Gasteiger partial charge on any atom is -0.258 e. The predicted molar refractivity (Wildman–Crippen MR) is 88.6 cm³/mol. The van der Waals surface area contributed by atoms with Crippen LogP contribution in [0.5, 0.6) is 0 Å². The molecule has 0 heterocycles. The van der Waals surface area contributed by atoms with E-state index in [-0.39, 0.29) is 41.4 Å². The molecule has 0 radical (unpaired) electrons. The molecule has 0 aromatic heterocycles. The molecule has 0 saturated heterocycles. The predicted octanol–water partition coefficient (Wildman–Crippen LogP) is 7.18. The van der Waals surface area contributed by atoms with Gasteiger partial charge in [-0.3, -0.25) is 10.1 Å². The van der Waals surface area contributed by atoms with Gasteiger partial charge in [0.1, 0.15) is 0 Å². The second kappa shape index (κ2) is 6.37. The van der Waals surface area contributed by atoms with Crippen molar-refractivity contribution in [3.8, 4) is 11.1 Å². The minimum atomic E-state index is -0.569. The topological polar surface area (TPSA) is 43.1 Å². The molecule has 0 N–H and O–H groups in total. The molecule has 110 valence electrons. The lowest BCUT2D eigenvalue weighted by Gasteiger charge is -2.13. The van der Waals surface area contributed by atoms with Crippen molar-refractivity contribution in [3.05, 3.63) is 58.4 Å². The van der Waals surface area contributed by atoms with Crippen molar-refractivity contribution < 1.29 is 4.92 Å². The van der Waals surface area contributed by atoms with Crippen LogP contribution >= 0.6 is 69.6 Å².